The number of aromatic amines is 1. The fraction of sp³-hybridized carbons (Fsp3) is 0.222. The molecule has 0 aliphatic carbocycles. The van der Waals surface area contributed by atoms with Gasteiger partial charge in [0.05, 0.1) is 14.2 Å². The van der Waals surface area contributed by atoms with Crippen LogP contribution in [0.4, 0.5) is 0 Å². The Labute approximate surface area is 198 Å². The van der Waals surface area contributed by atoms with Gasteiger partial charge in [0, 0.05) is 52.2 Å². The van der Waals surface area contributed by atoms with Crippen molar-refractivity contribution in [3.05, 3.63) is 90.1 Å². The number of amides is 1. The molecule has 6 heteroatoms. The zero-order chi connectivity index (χ0) is 23.0. The van der Waals surface area contributed by atoms with Gasteiger partial charge in [-0.15, -0.1) is 11.8 Å². The van der Waals surface area contributed by atoms with E-state index in [2.05, 4.69) is 34.6 Å². The standard InChI is InChI=1S/C27H28N2O3S/c1-31-25-14-8-12-21(27(25)32-2)23(22-17-28-24-13-7-6-11-20(22)24)18-29-26(30)15-16-33-19-9-4-3-5-10-19/h3-14,17,23,28H,15-16,18H2,1-2H3,(H,29,30). The quantitative estimate of drug-likeness (QED) is 0.302. The van der Waals surface area contributed by atoms with Crippen molar-refractivity contribution in [1.29, 1.82) is 0 Å². The topological polar surface area (TPSA) is 63.3 Å². The molecule has 1 heterocycles. The molecule has 33 heavy (non-hydrogen) atoms. The number of nitrogens with one attached hydrogen (secondary N) is 2. The van der Waals surface area contributed by atoms with Crippen LogP contribution < -0.4 is 14.8 Å². The van der Waals surface area contributed by atoms with E-state index in [0.717, 1.165) is 27.8 Å². The molecule has 1 unspecified atom stereocenters. The van der Waals surface area contributed by atoms with Crippen LogP contribution in [0.2, 0.25) is 0 Å². The summed E-state index contributed by atoms with van der Waals surface area (Å²) in [7, 11) is 3.28. The van der Waals surface area contributed by atoms with Crippen LogP contribution in [0.5, 0.6) is 11.5 Å². The van der Waals surface area contributed by atoms with E-state index in [1.54, 1.807) is 26.0 Å². The molecule has 0 aliphatic heterocycles. The first-order valence-corrected chi connectivity index (χ1v) is 11.9. The molecule has 0 radical (unpaired) electrons. The van der Waals surface area contributed by atoms with Crippen LogP contribution in [0.25, 0.3) is 10.9 Å². The maximum atomic E-state index is 12.7. The number of hydrogen-bond donors (Lipinski definition) is 2. The first-order chi connectivity index (χ1) is 16.2. The Bertz CT molecular complexity index is 1210. The normalized spacial score (nSPS) is 11.8. The summed E-state index contributed by atoms with van der Waals surface area (Å²) in [5.74, 6) is 2.02. The first-order valence-electron chi connectivity index (χ1n) is 10.9. The zero-order valence-electron chi connectivity index (χ0n) is 18.8. The van der Waals surface area contributed by atoms with Crippen molar-refractivity contribution in [2.24, 2.45) is 0 Å². The molecule has 4 aromatic rings. The predicted molar refractivity (Wildman–Crippen MR) is 134 cm³/mol. The number of H-pyrrole nitrogens is 1. The van der Waals surface area contributed by atoms with Crippen LogP contribution in [0.3, 0.4) is 0 Å². The maximum absolute atomic E-state index is 12.7. The second-order valence-corrected chi connectivity index (χ2v) is 8.81. The number of ether oxygens (including phenoxy) is 2. The van der Waals surface area contributed by atoms with Crippen molar-refractivity contribution >= 4 is 28.6 Å². The van der Waals surface area contributed by atoms with Crippen LogP contribution in [-0.2, 0) is 4.79 Å². The SMILES string of the molecule is COc1cccc(C(CNC(=O)CCSc2ccccc2)c2c[nH]c3ccccc23)c1OC. The number of methoxy groups -OCH3 is 2. The van der Waals surface area contributed by atoms with Crippen molar-refractivity contribution in [2.45, 2.75) is 17.2 Å². The minimum absolute atomic E-state index is 0.0325. The average molecular weight is 461 g/mol. The Morgan fingerprint density at radius 3 is 2.52 bits per heavy atom. The van der Waals surface area contributed by atoms with Crippen molar-refractivity contribution in [1.82, 2.24) is 10.3 Å². The lowest BCUT2D eigenvalue weighted by atomic mass is 9.89. The summed E-state index contributed by atoms with van der Waals surface area (Å²) in [5.41, 5.74) is 3.14. The Morgan fingerprint density at radius 2 is 1.73 bits per heavy atom. The zero-order valence-corrected chi connectivity index (χ0v) is 19.7. The van der Waals surface area contributed by atoms with Gasteiger partial charge in [0.2, 0.25) is 5.91 Å². The van der Waals surface area contributed by atoms with Crippen LogP contribution >= 0.6 is 11.8 Å². The molecule has 0 saturated heterocycles. The third-order valence-corrected chi connectivity index (χ3v) is 6.66. The largest absolute Gasteiger partial charge is 0.493 e. The van der Waals surface area contributed by atoms with Crippen LogP contribution in [0.15, 0.2) is 83.9 Å². The number of benzene rings is 3. The highest BCUT2D eigenvalue weighted by Crippen LogP contribution is 2.40. The van der Waals surface area contributed by atoms with E-state index < -0.39 is 0 Å². The smallest absolute Gasteiger partial charge is 0.220 e. The summed E-state index contributed by atoms with van der Waals surface area (Å²) >= 11 is 1.69. The van der Waals surface area contributed by atoms with E-state index in [4.69, 9.17) is 9.47 Å². The van der Waals surface area contributed by atoms with E-state index in [1.165, 1.54) is 4.90 Å². The Kier molecular flexibility index (Phi) is 7.58. The predicted octanol–water partition coefficient (Wildman–Crippen LogP) is 5.62. The molecule has 1 atom stereocenters. The minimum atomic E-state index is -0.100. The summed E-state index contributed by atoms with van der Waals surface area (Å²) in [6, 6.07) is 24.2. The molecule has 1 aromatic heterocycles. The van der Waals surface area contributed by atoms with Crippen LogP contribution in [0, 0.1) is 0 Å². The lowest BCUT2D eigenvalue weighted by molar-refractivity contribution is -0.120. The highest BCUT2D eigenvalue weighted by atomic mass is 32.2. The molecule has 170 valence electrons. The summed E-state index contributed by atoms with van der Waals surface area (Å²) in [6.45, 7) is 0.459. The number of para-hydroxylation sites is 2. The van der Waals surface area contributed by atoms with Gasteiger partial charge in [-0.25, -0.2) is 0 Å². The van der Waals surface area contributed by atoms with E-state index in [0.29, 0.717) is 24.5 Å². The molecular formula is C27H28N2O3S. The monoisotopic (exact) mass is 460 g/mol. The van der Waals surface area contributed by atoms with E-state index >= 15 is 0 Å². The number of rotatable bonds is 10. The molecule has 3 aromatic carbocycles. The van der Waals surface area contributed by atoms with Gasteiger partial charge in [-0.3, -0.25) is 4.79 Å². The van der Waals surface area contributed by atoms with E-state index in [-0.39, 0.29) is 11.8 Å². The Morgan fingerprint density at radius 1 is 0.939 bits per heavy atom. The fourth-order valence-corrected chi connectivity index (χ4v) is 4.91. The minimum Gasteiger partial charge on any atom is -0.493 e. The van der Waals surface area contributed by atoms with Gasteiger partial charge in [0.15, 0.2) is 11.5 Å². The van der Waals surface area contributed by atoms with Crippen molar-refractivity contribution in [3.63, 3.8) is 0 Å². The summed E-state index contributed by atoms with van der Waals surface area (Å²) in [6.07, 6.45) is 2.47. The molecule has 4 rings (SSSR count). The van der Waals surface area contributed by atoms with Gasteiger partial charge in [-0.2, -0.15) is 0 Å². The van der Waals surface area contributed by atoms with Crippen molar-refractivity contribution < 1.29 is 14.3 Å². The van der Waals surface area contributed by atoms with Gasteiger partial charge in [0.25, 0.3) is 0 Å². The molecule has 0 bridgehead atoms. The molecule has 0 spiro atoms. The lowest BCUT2D eigenvalue weighted by Crippen LogP contribution is -2.29. The van der Waals surface area contributed by atoms with E-state index in [1.807, 2.05) is 54.7 Å². The summed E-state index contributed by atoms with van der Waals surface area (Å²) in [5, 5.41) is 4.27. The number of fused-ring (bicyclic) bond motifs is 1. The Hall–Kier alpha value is -3.38. The Balaban J connectivity index is 1.55. The van der Waals surface area contributed by atoms with Gasteiger partial charge < -0.3 is 19.8 Å². The van der Waals surface area contributed by atoms with Crippen molar-refractivity contribution in [2.75, 3.05) is 26.5 Å². The number of hydrogen-bond acceptors (Lipinski definition) is 4. The number of carbonyl (C=O) groups is 1. The number of aromatic nitrogens is 1. The third kappa shape index (κ3) is 5.34. The van der Waals surface area contributed by atoms with Crippen LogP contribution in [-0.4, -0.2) is 37.4 Å². The molecule has 2 N–H and O–H groups in total. The molecular weight excluding hydrogens is 432 g/mol. The summed E-state index contributed by atoms with van der Waals surface area (Å²) in [4.78, 5) is 17.2. The number of carbonyl (C=O) groups excluding carboxylic acids is 1. The third-order valence-electron chi connectivity index (χ3n) is 5.65. The average Bonchev–Trinajstić information content (AvgIpc) is 3.28. The van der Waals surface area contributed by atoms with Gasteiger partial charge >= 0.3 is 0 Å². The fourth-order valence-electron chi connectivity index (χ4n) is 4.04. The molecule has 5 nitrogen and oxygen atoms in total. The molecule has 0 fully saturated rings. The first kappa shape index (κ1) is 22.8. The number of thioether (sulfide) groups is 1. The van der Waals surface area contributed by atoms with Gasteiger partial charge in [-0.05, 0) is 29.8 Å². The lowest BCUT2D eigenvalue weighted by Gasteiger charge is -2.22. The molecule has 0 saturated carbocycles. The molecule has 0 aliphatic rings. The van der Waals surface area contributed by atoms with Crippen LogP contribution in [0.1, 0.15) is 23.5 Å². The second kappa shape index (κ2) is 11.0. The van der Waals surface area contributed by atoms with E-state index in [9.17, 15) is 4.79 Å². The molecule has 1 amide bonds. The van der Waals surface area contributed by atoms with Crippen molar-refractivity contribution in [3.8, 4) is 11.5 Å². The van der Waals surface area contributed by atoms with Gasteiger partial charge in [-0.1, -0.05) is 48.5 Å². The maximum Gasteiger partial charge on any atom is 0.220 e. The second-order valence-electron chi connectivity index (χ2n) is 7.64. The highest BCUT2D eigenvalue weighted by Gasteiger charge is 2.24. The highest BCUT2D eigenvalue weighted by molar-refractivity contribution is 7.99. The summed E-state index contributed by atoms with van der Waals surface area (Å²) < 4.78 is 11.3. The van der Waals surface area contributed by atoms with Gasteiger partial charge in [0.1, 0.15) is 0 Å².